The maximum atomic E-state index is 14.1. The smallest absolute Gasteiger partial charge is 0.252 e. The fourth-order valence-corrected chi connectivity index (χ4v) is 3.56. The number of fused-ring (bicyclic) bond motifs is 1. The minimum atomic E-state index is -0.341. The first kappa shape index (κ1) is 16.6. The van der Waals surface area contributed by atoms with Gasteiger partial charge in [-0.05, 0) is 42.3 Å². The molecule has 4 nitrogen and oxygen atoms in total. The summed E-state index contributed by atoms with van der Waals surface area (Å²) in [6.45, 7) is 0.979. The normalized spacial score (nSPS) is 13.5. The molecule has 1 aromatic carbocycles. The Labute approximate surface area is 144 Å². The van der Waals surface area contributed by atoms with Gasteiger partial charge in [0.1, 0.15) is 5.82 Å². The van der Waals surface area contributed by atoms with Crippen LogP contribution in [0.3, 0.4) is 0 Å². The summed E-state index contributed by atoms with van der Waals surface area (Å²) in [4.78, 5) is 25.8. The number of carbonyl (C=O) groups excluding carboxylic acids is 2. The predicted molar refractivity (Wildman–Crippen MR) is 93.0 cm³/mol. The van der Waals surface area contributed by atoms with E-state index in [2.05, 4.69) is 5.32 Å². The molecule has 0 bridgehead atoms. The summed E-state index contributed by atoms with van der Waals surface area (Å²) < 4.78 is 14.1. The van der Waals surface area contributed by atoms with Crippen molar-refractivity contribution in [3.05, 3.63) is 52.0 Å². The van der Waals surface area contributed by atoms with Crippen molar-refractivity contribution < 1.29 is 14.0 Å². The number of amides is 2. The lowest BCUT2D eigenvalue weighted by atomic mass is 10.0. The van der Waals surface area contributed by atoms with Gasteiger partial charge in [-0.15, -0.1) is 0 Å². The third kappa shape index (κ3) is 3.64. The molecule has 0 saturated carbocycles. The minimum Gasteiger partial charge on any atom is -0.352 e. The van der Waals surface area contributed by atoms with Crippen molar-refractivity contribution in [3.63, 3.8) is 0 Å². The maximum absolute atomic E-state index is 14.1. The van der Waals surface area contributed by atoms with Gasteiger partial charge in [-0.25, -0.2) is 4.39 Å². The Hall–Kier alpha value is -2.21. The van der Waals surface area contributed by atoms with Crippen LogP contribution in [0.1, 0.15) is 35.2 Å². The SMILES string of the molecule is O=C(NCCCC(=O)N1CCCc2cccc(F)c21)c1ccsc1. The van der Waals surface area contributed by atoms with Gasteiger partial charge in [-0.1, -0.05) is 12.1 Å². The van der Waals surface area contributed by atoms with Gasteiger partial charge < -0.3 is 10.2 Å². The van der Waals surface area contributed by atoms with Crippen molar-refractivity contribution in [2.45, 2.75) is 25.7 Å². The number of nitrogens with zero attached hydrogens (tertiary/aromatic N) is 1. The molecule has 0 unspecified atom stereocenters. The van der Waals surface area contributed by atoms with Crippen molar-refractivity contribution in [2.24, 2.45) is 0 Å². The molecule has 1 N–H and O–H groups in total. The van der Waals surface area contributed by atoms with Crippen LogP contribution in [0.4, 0.5) is 10.1 Å². The van der Waals surface area contributed by atoms with Gasteiger partial charge in [0.25, 0.3) is 5.91 Å². The molecule has 1 aliphatic heterocycles. The number of hydrogen-bond acceptors (Lipinski definition) is 3. The molecule has 1 aliphatic rings. The molecule has 0 aliphatic carbocycles. The van der Waals surface area contributed by atoms with E-state index in [1.807, 2.05) is 11.4 Å². The topological polar surface area (TPSA) is 49.4 Å². The van der Waals surface area contributed by atoms with E-state index < -0.39 is 0 Å². The molecule has 126 valence electrons. The molecule has 2 aromatic rings. The minimum absolute atomic E-state index is 0.0918. The largest absolute Gasteiger partial charge is 0.352 e. The molecule has 0 saturated heterocycles. The number of nitrogens with one attached hydrogen (secondary N) is 1. The molecule has 0 spiro atoms. The number of rotatable bonds is 5. The van der Waals surface area contributed by atoms with E-state index in [1.165, 1.54) is 17.4 Å². The highest BCUT2D eigenvalue weighted by Crippen LogP contribution is 2.30. The van der Waals surface area contributed by atoms with E-state index >= 15 is 0 Å². The first-order valence-electron chi connectivity index (χ1n) is 8.05. The second-order valence-corrected chi connectivity index (χ2v) is 6.55. The lowest BCUT2D eigenvalue weighted by Gasteiger charge is -2.30. The third-order valence-electron chi connectivity index (χ3n) is 4.11. The van der Waals surface area contributed by atoms with E-state index in [1.54, 1.807) is 22.4 Å². The van der Waals surface area contributed by atoms with Crippen LogP contribution in [-0.2, 0) is 11.2 Å². The number of aryl methyl sites for hydroxylation is 1. The summed E-state index contributed by atoms with van der Waals surface area (Å²) in [5, 5.41) is 6.43. The summed E-state index contributed by atoms with van der Waals surface area (Å²) >= 11 is 1.47. The second-order valence-electron chi connectivity index (χ2n) is 5.77. The van der Waals surface area contributed by atoms with Crippen LogP contribution in [0.2, 0.25) is 0 Å². The number of thiophene rings is 1. The number of carbonyl (C=O) groups is 2. The summed E-state index contributed by atoms with van der Waals surface area (Å²) in [6, 6.07) is 6.71. The molecule has 2 amide bonds. The van der Waals surface area contributed by atoms with Gasteiger partial charge in [-0.3, -0.25) is 9.59 Å². The van der Waals surface area contributed by atoms with Crippen LogP contribution in [-0.4, -0.2) is 24.9 Å². The Kier molecular flexibility index (Phi) is 5.25. The first-order valence-corrected chi connectivity index (χ1v) is 8.99. The van der Waals surface area contributed by atoms with Gasteiger partial charge in [0, 0.05) is 30.5 Å². The van der Waals surface area contributed by atoms with Gasteiger partial charge in [0.05, 0.1) is 5.69 Å². The van der Waals surface area contributed by atoms with E-state index in [0.29, 0.717) is 30.8 Å². The highest BCUT2D eigenvalue weighted by atomic mass is 32.1. The van der Waals surface area contributed by atoms with Crippen LogP contribution >= 0.6 is 11.3 Å². The van der Waals surface area contributed by atoms with Crippen LogP contribution in [0.15, 0.2) is 35.0 Å². The highest BCUT2D eigenvalue weighted by molar-refractivity contribution is 7.08. The first-order chi connectivity index (χ1) is 11.7. The highest BCUT2D eigenvalue weighted by Gasteiger charge is 2.25. The molecule has 0 fully saturated rings. The van der Waals surface area contributed by atoms with Gasteiger partial charge >= 0.3 is 0 Å². The molecule has 24 heavy (non-hydrogen) atoms. The molecule has 0 atom stereocenters. The Morgan fingerprint density at radius 3 is 2.96 bits per heavy atom. The third-order valence-corrected chi connectivity index (χ3v) is 4.79. The monoisotopic (exact) mass is 346 g/mol. The van der Waals surface area contributed by atoms with E-state index in [0.717, 1.165) is 18.4 Å². The Bertz CT molecular complexity index is 731. The summed E-state index contributed by atoms with van der Waals surface area (Å²) in [7, 11) is 0. The van der Waals surface area contributed by atoms with Crippen molar-refractivity contribution in [1.82, 2.24) is 5.32 Å². The lowest BCUT2D eigenvalue weighted by molar-refractivity contribution is -0.118. The average molecular weight is 346 g/mol. The van der Waals surface area contributed by atoms with Crippen LogP contribution in [0.5, 0.6) is 0 Å². The zero-order chi connectivity index (χ0) is 16.9. The van der Waals surface area contributed by atoms with Crippen molar-refractivity contribution in [1.29, 1.82) is 0 Å². The Balaban J connectivity index is 1.52. The van der Waals surface area contributed by atoms with Crippen molar-refractivity contribution in [2.75, 3.05) is 18.0 Å². The molecule has 0 radical (unpaired) electrons. The summed E-state index contributed by atoms with van der Waals surface area (Å²) in [5.41, 5.74) is 1.95. The number of benzene rings is 1. The van der Waals surface area contributed by atoms with Crippen LogP contribution in [0, 0.1) is 5.82 Å². The zero-order valence-electron chi connectivity index (χ0n) is 13.3. The van der Waals surface area contributed by atoms with Crippen molar-refractivity contribution >= 4 is 28.8 Å². The molecule has 6 heteroatoms. The van der Waals surface area contributed by atoms with Gasteiger partial charge in [-0.2, -0.15) is 11.3 Å². The predicted octanol–water partition coefficient (Wildman–Crippen LogP) is 3.38. The summed E-state index contributed by atoms with van der Waals surface area (Å²) in [5.74, 6) is -0.560. The number of para-hydroxylation sites is 1. The molecular formula is C18H19FN2O2S. The van der Waals surface area contributed by atoms with Gasteiger partial charge in [0.15, 0.2) is 0 Å². The lowest BCUT2D eigenvalue weighted by Crippen LogP contribution is -2.36. The number of anilines is 1. The molecule has 2 heterocycles. The molecule has 1 aromatic heterocycles. The molecular weight excluding hydrogens is 327 g/mol. The zero-order valence-corrected chi connectivity index (χ0v) is 14.1. The number of halogens is 1. The Morgan fingerprint density at radius 1 is 1.29 bits per heavy atom. The standard InChI is InChI=1S/C18H19FN2O2S/c19-15-6-1-4-13-5-3-10-21(17(13)15)16(22)7-2-9-20-18(23)14-8-11-24-12-14/h1,4,6,8,11-12H,2-3,5,7,9-10H2,(H,20,23). The molecule has 3 rings (SSSR count). The van der Waals surface area contributed by atoms with E-state index in [4.69, 9.17) is 0 Å². The van der Waals surface area contributed by atoms with Crippen LogP contribution in [0.25, 0.3) is 0 Å². The Morgan fingerprint density at radius 2 is 2.17 bits per heavy atom. The fraction of sp³-hybridized carbons (Fsp3) is 0.333. The van der Waals surface area contributed by atoms with Crippen LogP contribution < -0.4 is 10.2 Å². The van der Waals surface area contributed by atoms with Crippen molar-refractivity contribution in [3.8, 4) is 0 Å². The quantitative estimate of drug-likeness (QED) is 0.844. The fourth-order valence-electron chi connectivity index (χ4n) is 2.93. The maximum Gasteiger partial charge on any atom is 0.252 e. The summed E-state index contributed by atoms with van der Waals surface area (Å²) in [6.07, 6.45) is 2.47. The number of hydrogen-bond donors (Lipinski definition) is 1. The van der Waals surface area contributed by atoms with E-state index in [-0.39, 0.29) is 24.1 Å². The second kappa shape index (κ2) is 7.57. The average Bonchev–Trinajstić information content (AvgIpc) is 3.13. The van der Waals surface area contributed by atoms with Gasteiger partial charge in [0.2, 0.25) is 5.91 Å². The van der Waals surface area contributed by atoms with E-state index in [9.17, 15) is 14.0 Å².